The number of aliphatic carboxylic acids is 1. The zero-order chi connectivity index (χ0) is 11.4. The molecule has 0 saturated heterocycles. The summed E-state index contributed by atoms with van der Waals surface area (Å²) in [5.74, 6) is -0.930. The first-order valence-electron chi connectivity index (χ1n) is 4.11. The van der Waals surface area contributed by atoms with Gasteiger partial charge < -0.3 is 5.11 Å². The van der Waals surface area contributed by atoms with E-state index < -0.39 is 5.97 Å². The molecule has 0 saturated carbocycles. The number of hydrogen-bond donors (Lipinski definition) is 2. The SMILES string of the molecule is N#Cc1c(CBr)ccc(CC(=O)O)c1S. The highest BCUT2D eigenvalue weighted by Gasteiger charge is 2.11. The van der Waals surface area contributed by atoms with Gasteiger partial charge in [-0.25, -0.2) is 0 Å². The van der Waals surface area contributed by atoms with Crippen LogP contribution in [-0.2, 0) is 16.5 Å². The molecule has 0 aliphatic heterocycles. The van der Waals surface area contributed by atoms with Crippen LogP contribution in [0.4, 0.5) is 0 Å². The summed E-state index contributed by atoms with van der Waals surface area (Å²) >= 11 is 7.44. The lowest BCUT2D eigenvalue weighted by atomic mass is 10.0. The molecule has 0 heterocycles. The first kappa shape index (κ1) is 12.1. The molecule has 0 unspecified atom stereocenters. The summed E-state index contributed by atoms with van der Waals surface area (Å²) in [6.45, 7) is 0. The van der Waals surface area contributed by atoms with Gasteiger partial charge in [-0.15, -0.1) is 12.6 Å². The fourth-order valence-electron chi connectivity index (χ4n) is 1.22. The van der Waals surface area contributed by atoms with E-state index in [1.54, 1.807) is 12.1 Å². The monoisotopic (exact) mass is 285 g/mol. The van der Waals surface area contributed by atoms with Gasteiger partial charge in [0, 0.05) is 10.2 Å². The third-order valence-corrected chi connectivity index (χ3v) is 3.06. The second-order valence-electron chi connectivity index (χ2n) is 2.92. The quantitative estimate of drug-likeness (QED) is 0.662. The molecule has 0 aliphatic carbocycles. The Balaban J connectivity index is 3.24. The zero-order valence-corrected chi connectivity index (χ0v) is 10.2. The van der Waals surface area contributed by atoms with E-state index in [0.29, 0.717) is 21.4 Å². The van der Waals surface area contributed by atoms with Crippen LogP contribution < -0.4 is 0 Å². The Hall–Kier alpha value is -0.990. The number of nitriles is 1. The molecule has 0 aromatic heterocycles. The first-order chi connectivity index (χ1) is 7.10. The van der Waals surface area contributed by atoms with Crippen LogP contribution in [0.1, 0.15) is 16.7 Å². The normalized spacial score (nSPS) is 9.67. The van der Waals surface area contributed by atoms with Crippen molar-refractivity contribution in [2.24, 2.45) is 0 Å². The number of thiol groups is 1. The van der Waals surface area contributed by atoms with E-state index in [-0.39, 0.29) is 6.42 Å². The van der Waals surface area contributed by atoms with Crippen LogP contribution in [0.15, 0.2) is 17.0 Å². The predicted molar refractivity (Wildman–Crippen MR) is 62.4 cm³/mol. The minimum atomic E-state index is -0.930. The molecule has 0 atom stereocenters. The van der Waals surface area contributed by atoms with Crippen molar-refractivity contribution in [1.82, 2.24) is 0 Å². The molecule has 1 rings (SSSR count). The Morgan fingerprint density at radius 2 is 2.13 bits per heavy atom. The average Bonchev–Trinajstić information content (AvgIpc) is 2.20. The van der Waals surface area contributed by atoms with E-state index in [1.165, 1.54) is 0 Å². The van der Waals surface area contributed by atoms with Crippen molar-refractivity contribution in [2.75, 3.05) is 0 Å². The van der Waals surface area contributed by atoms with Crippen LogP contribution in [-0.4, -0.2) is 11.1 Å². The molecule has 15 heavy (non-hydrogen) atoms. The molecule has 1 N–H and O–H groups in total. The van der Waals surface area contributed by atoms with Crippen molar-refractivity contribution >= 4 is 34.5 Å². The first-order valence-corrected chi connectivity index (χ1v) is 5.68. The summed E-state index contributed by atoms with van der Waals surface area (Å²) in [7, 11) is 0. The summed E-state index contributed by atoms with van der Waals surface area (Å²) in [6, 6.07) is 5.46. The molecule has 0 amide bonds. The maximum absolute atomic E-state index is 10.5. The van der Waals surface area contributed by atoms with Crippen LogP contribution >= 0.6 is 28.6 Å². The molecule has 0 fully saturated rings. The number of alkyl halides is 1. The van der Waals surface area contributed by atoms with Gasteiger partial charge in [0.1, 0.15) is 6.07 Å². The second-order valence-corrected chi connectivity index (χ2v) is 3.93. The molecule has 5 heteroatoms. The Kier molecular flexibility index (Phi) is 4.18. The second kappa shape index (κ2) is 5.19. The summed E-state index contributed by atoms with van der Waals surface area (Å²) < 4.78 is 0. The third-order valence-electron chi connectivity index (χ3n) is 1.95. The number of carboxylic acid groups (broad SMARTS) is 1. The van der Waals surface area contributed by atoms with Gasteiger partial charge in [-0.3, -0.25) is 4.79 Å². The largest absolute Gasteiger partial charge is 0.481 e. The average molecular weight is 286 g/mol. The lowest BCUT2D eigenvalue weighted by molar-refractivity contribution is -0.136. The highest BCUT2D eigenvalue weighted by Crippen LogP contribution is 2.24. The van der Waals surface area contributed by atoms with Crippen molar-refractivity contribution in [3.63, 3.8) is 0 Å². The Morgan fingerprint density at radius 1 is 1.53 bits per heavy atom. The molecule has 0 radical (unpaired) electrons. The van der Waals surface area contributed by atoms with Crippen molar-refractivity contribution in [1.29, 1.82) is 5.26 Å². The molecule has 78 valence electrons. The highest BCUT2D eigenvalue weighted by atomic mass is 79.9. The van der Waals surface area contributed by atoms with Gasteiger partial charge in [0.25, 0.3) is 0 Å². The van der Waals surface area contributed by atoms with Gasteiger partial charge in [0.05, 0.1) is 12.0 Å². The van der Waals surface area contributed by atoms with Crippen molar-refractivity contribution in [3.05, 3.63) is 28.8 Å². The fourth-order valence-corrected chi connectivity index (χ4v) is 2.03. The standard InChI is InChI=1S/C10H8BrNO2S/c11-4-7-2-1-6(3-9(13)14)10(15)8(7)5-12/h1-2,15H,3-4H2,(H,13,14). The maximum atomic E-state index is 10.5. The smallest absolute Gasteiger partial charge is 0.307 e. The fraction of sp³-hybridized carbons (Fsp3) is 0.200. The number of carbonyl (C=O) groups is 1. The van der Waals surface area contributed by atoms with Gasteiger partial charge in [0.2, 0.25) is 0 Å². The number of benzene rings is 1. The van der Waals surface area contributed by atoms with Crippen LogP contribution in [0.2, 0.25) is 0 Å². The van der Waals surface area contributed by atoms with Gasteiger partial charge in [0.15, 0.2) is 0 Å². The number of halogens is 1. The van der Waals surface area contributed by atoms with Crippen molar-refractivity contribution in [3.8, 4) is 6.07 Å². The van der Waals surface area contributed by atoms with Crippen LogP contribution in [0, 0.1) is 11.3 Å². The summed E-state index contributed by atoms with van der Waals surface area (Å²) in [4.78, 5) is 11.0. The molecule has 3 nitrogen and oxygen atoms in total. The van der Waals surface area contributed by atoms with Gasteiger partial charge in [-0.1, -0.05) is 28.1 Å². The molecular formula is C10H8BrNO2S. The van der Waals surface area contributed by atoms with E-state index >= 15 is 0 Å². The van der Waals surface area contributed by atoms with Crippen molar-refractivity contribution in [2.45, 2.75) is 16.6 Å². The van der Waals surface area contributed by atoms with Gasteiger partial charge in [-0.2, -0.15) is 5.26 Å². The third kappa shape index (κ3) is 2.74. The van der Waals surface area contributed by atoms with E-state index in [4.69, 9.17) is 10.4 Å². The maximum Gasteiger partial charge on any atom is 0.307 e. The highest BCUT2D eigenvalue weighted by molar-refractivity contribution is 9.08. The molecule has 1 aromatic carbocycles. The molecular weight excluding hydrogens is 278 g/mol. The lowest BCUT2D eigenvalue weighted by Crippen LogP contribution is -2.03. The van der Waals surface area contributed by atoms with Crippen molar-refractivity contribution < 1.29 is 9.90 Å². The predicted octanol–water partition coefficient (Wildman–Crippen LogP) is 2.37. The van der Waals surface area contributed by atoms with E-state index in [2.05, 4.69) is 28.6 Å². The van der Waals surface area contributed by atoms with Crippen LogP contribution in [0.25, 0.3) is 0 Å². The van der Waals surface area contributed by atoms with E-state index in [1.807, 2.05) is 6.07 Å². The van der Waals surface area contributed by atoms with Gasteiger partial charge in [-0.05, 0) is 11.1 Å². The summed E-state index contributed by atoms with van der Waals surface area (Å²) in [6.07, 6.45) is -0.115. The Morgan fingerprint density at radius 3 is 2.60 bits per heavy atom. The van der Waals surface area contributed by atoms with Crippen LogP contribution in [0.3, 0.4) is 0 Å². The molecule has 1 aromatic rings. The molecule has 0 aliphatic rings. The minimum absolute atomic E-state index is 0.115. The Bertz CT molecular complexity index is 440. The van der Waals surface area contributed by atoms with Gasteiger partial charge >= 0.3 is 5.97 Å². The summed E-state index contributed by atoms with van der Waals surface area (Å²) in [5, 5.41) is 18.1. The Labute approximate surface area is 101 Å². The zero-order valence-electron chi connectivity index (χ0n) is 7.70. The number of hydrogen-bond acceptors (Lipinski definition) is 3. The molecule has 0 spiro atoms. The number of carboxylic acids is 1. The number of nitrogens with zero attached hydrogens (tertiary/aromatic N) is 1. The molecule has 0 bridgehead atoms. The van der Waals surface area contributed by atoms with E-state index in [9.17, 15) is 4.79 Å². The van der Waals surface area contributed by atoms with Crippen LogP contribution in [0.5, 0.6) is 0 Å². The lowest BCUT2D eigenvalue weighted by Gasteiger charge is -2.07. The summed E-state index contributed by atoms with van der Waals surface area (Å²) in [5.41, 5.74) is 1.82. The number of rotatable bonds is 3. The minimum Gasteiger partial charge on any atom is -0.481 e. The van der Waals surface area contributed by atoms with E-state index in [0.717, 1.165) is 5.56 Å². The topological polar surface area (TPSA) is 61.1 Å².